The molecule has 7 heteroatoms. The number of carbonyl (C=O) groups is 1. The van der Waals surface area contributed by atoms with Crippen molar-refractivity contribution in [3.05, 3.63) is 47.7 Å². The van der Waals surface area contributed by atoms with Crippen molar-refractivity contribution in [1.82, 2.24) is 16.2 Å². The van der Waals surface area contributed by atoms with E-state index in [1.54, 1.807) is 20.8 Å². The van der Waals surface area contributed by atoms with Crippen LogP contribution in [0.15, 0.2) is 36.5 Å². The number of benzene rings is 1. The van der Waals surface area contributed by atoms with E-state index >= 15 is 4.39 Å². The quantitative estimate of drug-likeness (QED) is 0.780. The highest BCUT2D eigenvalue weighted by Crippen LogP contribution is 2.54. The Bertz CT molecular complexity index is 721. The van der Waals surface area contributed by atoms with Gasteiger partial charge in [-0.2, -0.15) is 0 Å². The average Bonchev–Trinajstić information content (AvgIpc) is 3.13. The van der Waals surface area contributed by atoms with Gasteiger partial charge in [0.1, 0.15) is 5.67 Å². The van der Waals surface area contributed by atoms with Crippen LogP contribution in [0, 0.1) is 0 Å². The molecule has 0 saturated heterocycles. The third kappa shape index (κ3) is 2.36. The molecule has 0 aromatic heterocycles. The Morgan fingerprint density at radius 2 is 2.00 bits per heavy atom. The Hall–Kier alpha value is -2.02. The lowest BCUT2D eigenvalue weighted by Crippen LogP contribution is -2.62. The zero-order valence-electron chi connectivity index (χ0n) is 14.4. The van der Waals surface area contributed by atoms with Gasteiger partial charge in [0.15, 0.2) is 5.54 Å². The summed E-state index contributed by atoms with van der Waals surface area (Å²) in [6, 6.07) is 7.44. The fraction of sp³-hybridized carbons (Fsp3) is 0.500. The van der Waals surface area contributed by atoms with E-state index in [0.29, 0.717) is 0 Å². The summed E-state index contributed by atoms with van der Waals surface area (Å²) < 4.78 is 42.7. The second-order valence-corrected chi connectivity index (χ2v) is 7.25. The van der Waals surface area contributed by atoms with E-state index in [1.807, 2.05) is 24.3 Å². The predicted molar refractivity (Wildman–Crippen MR) is 88.9 cm³/mol. The Morgan fingerprint density at radius 3 is 2.56 bits per heavy atom. The standard InChI is InChI=1S/C18H22F3N3O/c1-11-12-6-4-5-7-13(12)16(2,3)18(11,21)10-22-15(25)17(14(19)20)8-9-23-24-17/h4-9,11,14,23-24H,10H2,1-3H3,(H,22,25)/t11-,17?,18?/m1/s1. The number of rotatable bonds is 4. The monoisotopic (exact) mass is 353 g/mol. The lowest BCUT2D eigenvalue weighted by molar-refractivity contribution is -0.132. The number of hydrogen-bond donors (Lipinski definition) is 3. The predicted octanol–water partition coefficient (Wildman–Crippen LogP) is 2.53. The highest BCUT2D eigenvalue weighted by Gasteiger charge is 2.58. The van der Waals surface area contributed by atoms with E-state index in [0.717, 1.165) is 17.2 Å². The van der Waals surface area contributed by atoms with Crippen molar-refractivity contribution in [3.8, 4) is 0 Å². The van der Waals surface area contributed by atoms with Crippen LogP contribution in [0.25, 0.3) is 0 Å². The molecule has 2 aliphatic rings. The first kappa shape index (κ1) is 17.8. The molecule has 1 aromatic rings. The van der Waals surface area contributed by atoms with Crippen LogP contribution in [-0.4, -0.2) is 30.1 Å². The number of alkyl halides is 3. The van der Waals surface area contributed by atoms with Gasteiger partial charge in [-0.25, -0.2) is 18.6 Å². The van der Waals surface area contributed by atoms with Gasteiger partial charge in [-0.05, 0) is 17.2 Å². The van der Waals surface area contributed by atoms with Gasteiger partial charge in [0.25, 0.3) is 12.3 Å². The number of hydrazine groups is 1. The lowest BCUT2D eigenvalue weighted by atomic mass is 9.73. The molecular formula is C18H22F3N3O. The highest BCUT2D eigenvalue weighted by molar-refractivity contribution is 5.89. The maximum atomic E-state index is 16.0. The molecule has 3 atom stereocenters. The molecule has 1 aromatic carbocycles. The fourth-order valence-corrected chi connectivity index (χ4v) is 3.92. The maximum Gasteiger partial charge on any atom is 0.270 e. The smallest absolute Gasteiger partial charge is 0.270 e. The van der Waals surface area contributed by atoms with Gasteiger partial charge in [-0.15, -0.1) is 0 Å². The van der Waals surface area contributed by atoms with Crippen LogP contribution < -0.4 is 16.2 Å². The van der Waals surface area contributed by atoms with E-state index in [1.165, 1.54) is 6.20 Å². The first-order chi connectivity index (χ1) is 11.7. The average molecular weight is 353 g/mol. The normalized spacial score (nSPS) is 32.5. The molecule has 0 saturated carbocycles. The summed E-state index contributed by atoms with van der Waals surface area (Å²) in [6.45, 7) is 4.97. The van der Waals surface area contributed by atoms with Gasteiger partial charge in [-0.1, -0.05) is 45.0 Å². The number of hydrogen-bond acceptors (Lipinski definition) is 3. The van der Waals surface area contributed by atoms with Gasteiger partial charge in [-0.3, -0.25) is 4.79 Å². The van der Waals surface area contributed by atoms with Crippen LogP contribution in [0.5, 0.6) is 0 Å². The van der Waals surface area contributed by atoms with Crippen LogP contribution in [0.2, 0.25) is 0 Å². The number of amides is 1. The van der Waals surface area contributed by atoms with Crippen LogP contribution in [-0.2, 0) is 10.2 Å². The molecule has 3 N–H and O–H groups in total. The van der Waals surface area contributed by atoms with Crippen LogP contribution in [0.3, 0.4) is 0 Å². The molecule has 2 unspecified atom stereocenters. The van der Waals surface area contributed by atoms with E-state index in [9.17, 15) is 13.6 Å². The number of halogens is 3. The van der Waals surface area contributed by atoms with Crippen molar-refractivity contribution in [2.45, 2.75) is 49.7 Å². The van der Waals surface area contributed by atoms with Gasteiger partial charge >= 0.3 is 0 Å². The third-order valence-electron chi connectivity index (χ3n) is 5.76. The van der Waals surface area contributed by atoms with Crippen molar-refractivity contribution in [3.63, 3.8) is 0 Å². The third-order valence-corrected chi connectivity index (χ3v) is 5.76. The first-order valence-electron chi connectivity index (χ1n) is 8.22. The molecule has 0 bridgehead atoms. The summed E-state index contributed by atoms with van der Waals surface area (Å²) in [7, 11) is 0. The summed E-state index contributed by atoms with van der Waals surface area (Å²) in [4.78, 5) is 12.4. The molecule has 1 heterocycles. The topological polar surface area (TPSA) is 53.2 Å². The zero-order chi connectivity index (χ0) is 18.5. The minimum absolute atomic E-state index is 0.349. The molecule has 1 amide bonds. The Labute approximate surface area is 144 Å². The molecule has 0 fully saturated rings. The van der Waals surface area contributed by atoms with Crippen molar-refractivity contribution < 1.29 is 18.0 Å². The van der Waals surface area contributed by atoms with Crippen molar-refractivity contribution in [1.29, 1.82) is 0 Å². The van der Waals surface area contributed by atoms with Crippen molar-refractivity contribution in [2.75, 3.05) is 6.54 Å². The number of carbonyl (C=O) groups excluding carboxylic acids is 1. The highest BCUT2D eigenvalue weighted by atomic mass is 19.3. The van der Waals surface area contributed by atoms with E-state index in [4.69, 9.17) is 0 Å². The molecular weight excluding hydrogens is 331 g/mol. The molecule has 1 aliphatic heterocycles. The second kappa shape index (κ2) is 5.76. The van der Waals surface area contributed by atoms with Crippen LogP contribution in [0.1, 0.15) is 37.8 Å². The molecule has 25 heavy (non-hydrogen) atoms. The maximum absolute atomic E-state index is 16.0. The molecule has 136 valence electrons. The summed E-state index contributed by atoms with van der Waals surface area (Å²) in [6.07, 6.45) is -0.689. The summed E-state index contributed by atoms with van der Waals surface area (Å²) >= 11 is 0. The molecule has 4 nitrogen and oxygen atoms in total. The second-order valence-electron chi connectivity index (χ2n) is 7.25. The number of fused-ring (bicyclic) bond motifs is 1. The van der Waals surface area contributed by atoms with Gasteiger partial charge in [0.2, 0.25) is 0 Å². The summed E-state index contributed by atoms with van der Waals surface area (Å²) in [5.41, 5.74) is 1.58. The summed E-state index contributed by atoms with van der Waals surface area (Å²) in [5.74, 6) is -1.42. The van der Waals surface area contributed by atoms with Crippen molar-refractivity contribution >= 4 is 5.91 Å². The minimum Gasteiger partial charge on any atom is -0.351 e. The van der Waals surface area contributed by atoms with Crippen LogP contribution >= 0.6 is 0 Å². The van der Waals surface area contributed by atoms with E-state index in [-0.39, 0.29) is 6.54 Å². The zero-order valence-corrected chi connectivity index (χ0v) is 14.4. The Morgan fingerprint density at radius 1 is 1.32 bits per heavy atom. The first-order valence-corrected chi connectivity index (χ1v) is 8.22. The molecule has 0 spiro atoms. The summed E-state index contributed by atoms with van der Waals surface area (Å²) in [5, 5.41) is 2.40. The Balaban J connectivity index is 1.84. The largest absolute Gasteiger partial charge is 0.351 e. The van der Waals surface area contributed by atoms with Gasteiger partial charge in [0.05, 0.1) is 6.54 Å². The minimum atomic E-state index is -2.97. The Kier molecular flexibility index (Phi) is 4.10. The fourth-order valence-electron chi connectivity index (χ4n) is 3.92. The van der Waals surface area contributed by atoms with E-state index < -0.39 is 34.9 Å². The molecule has 1 aliphatic carbocycles. The SMILES string of the molecule is C[C@@H]1c2ccccc2C(C)(C)C1(F)CNC(=O)C1(C(F)F)C=CNN1. The van der Waals surface area contributed by atoms with E-state index in [2.05, 4.69) is 16.2 Å². The lowest BCUT2D eigenvalue weighted by Gasteiger charge is -2.38. The van der Waals surface area contributed by atoms with Crippen molar-refractivity contribution in [2.24, 2.45) is 0 Å². The molecule has 3 rings (SSSR count). The number of nitrogens with one attached hydrogen (secondary N) is 3. The van der Waals surface area contributed by atoms with Gasteiger partial charge in [0, 0.05) is 17.5 Å². The van der Waals surface area contributed by atoms with Crippen LogP contribution in [0.4, 0.5) is 13.2 Å². The molecule has 0 radical (unpaired) electrons. The van der Waals surface area contributed by atoms with Gasteiger partial charge < -0.3 is 10.7 Å².